The van der Waals surface area contributed by atoms with Crippen LogP contribution in [0.15, 0.2) is 28.7 Å². The molecule has 0 aliphatic heterocycles. The third-order valence-electron chi connectivity index (χ3n) is 2.74. The Morgan fingerprint density at radius 1 is 1.29 bits per heavy atom. The third kappa shape index (κ3) is 4.40. The van der Waals surface area contributed by atoms with Crippen LogP contribution in [0.5, 0.6) is 0 Å². The van der Waals surface area contributed by atoms with Gasteiger partial charge in [-0.25, -0.2) is 0 Å². The largest absolute Gasteiger partial charge is 0.369 e. The molecule has 0 heterocycles. The minimum atomic E-state index is -0.143. The van der Waals surface area contributed by atoms with Crippen LogP contribution < -0.4 is 5.32 Å². The first kappa shape index (κ1) is 14.1. The van der Waals surface area contributed by atoms with Crippen LogP contribution in [-0.2, 0) is 0 Å². The maximum absolute atomic E-state index is 9.23. The summed E-state index contributed by atoms with van der Waals surface area (Å²) in [5.41, 5.74) is 0.981. The van der Waals surface area contributed by atoms with Gasteiger partial charge >= 0.3 is 0 Å². The quantitative estimate of drug-likeness (QED) is 0.872. The molecule has 0 aliphatic carbocycles. The van der Waals surface area contributed by atoms with Crippen molar-refractivity contribution in [3.63, 3.8) is 0 Å². The molecular weight excluding hydrogens is 276 g/mol. The maximum Gasteiger partial charge on any atom is 0.117 e. The number of hydrogen-bond acceptors (Lipinski definition) is 2. The van der Waals surface area contributed by atoms with Gasteiger partial charge in [-0.05, 0) is 46.3 Å². The second-order valence-electron chi connectivity index (χ2n) is 4.84. The van der Waals surface area contributed by atoms with E-state index in [0.29, 0.717) is 11.8 Å². The minimum absolute atomic E-state index is 0.143. The van der Waals surface area contributed by atoms with Gasteiger partial charge in [0.05, 0.1) is 6.07 Å². The first-order chi connectivity index (χ1) is 8.04. The van der Waals surface area contributed by atoms with Gasteiger partial charge in [-0.3, -0.25) is 0 Å². The number of anilines is 1. The van der Waals surface area contributed by atoms with Gasteiger partial charge in [-0.2, -0.15) is 5.26 Å². The summed E-state index contributed by atoms with van der Waals surface area (Å²) in [7, 11) is 0. The molecule has 0 saturated heterocycles. The van der Waals surface area contributed by atoms with E-state index in [4.69, 9.17) is 0 Å². The minimum Gasteiger partial charge on any atom is -0.369 e. The summed E-state index contributed by atoms with van der Waals surface area (Å²) in [4.78, 5) is 0. The molecule has 17 heavy (non-hydrogen) atoms. The number of benzene rings is 1. The molecule has 1 aromatic carbocycles. The molecule has 0 radical (unpaired) electrons. The molecular formula is C14H19BrN2. The smallest absolute Gasteiger partial charge is 0.117 e. The molecule has 0 amide bonds. The Morgan fingerprint density at radius 3 is 2.47 bits per heavy atom. The lowest BCUT2D eigenvalue weighted by molar-refractivity contribution is 0.424. The number of para-hydroxylation sites is 1. The van der Waals surface area contributed by atoms with Crippen molar-refractivity contribution in [2.75, 3.05) is 5.32 Å². The van der Waals surface area contributed by atoms with Crippen molar-refractivity contribution >= 4 is 21.6 Å². The Morgan fingerprint density at radius 2 is 1.94 bits per heavy atom. The fourth-order valence-corrected chi connectivity index (χ4v) is 2.33. The number of nitriles is 1. The SMILES string of the molecule is CC(C)CC(C)C(C#N)Nc1ccccc1Br. The van der Waals surface area contributed by atoms with Crippen LogP contribution in [0.1, 0.15) is 27.2 Å². The summed E-state index contributed by atoms with van der Waals surface area (Å²) in [6, 6.07) is 10.1. The highest BCUT2D eigenvalue weighted by Gasteiger charge is 2.18. The van der Waals surface area contributed by atoms with E-state index in [2.05, 4.69) is 48.1 Å². The molecule has 2 nitrogen and oxygen atoms in total. The van der Waals surface area contributed by atoms with E-state index >= 15 is 0 Å². The summed E-state index contributed by atoms with van der Waals surface area (Å²) in [6.45, 7) is 6.49. The maximum atomic E-state index is 9.23. The topological polar surface area (TPSA) is 35.8 Å². The average molecular weight is 295 g/mol. The molecule has 1 N–H and O–H groups in total. The van der Waals surface area contributed by atoms with E-state index in [0.717, 1.165) is 16.6 Å². The molecule has 92 valence electrons. The second-order valence-corrected chi connectivity index (χ2v) is 5.69. The molecule has 1 aromatic rings. The van der Waals surface area contributed by atoms with Crippen LogP contribution in [-0.4, -0.2) is 6.04 Å². The zero-order valence-corrected chi connectivity index (χ0v) is 12.2. The standard InChI is InChI=1S/C14H19BrN2/c1-10(2)8-11(3)14(9-16)17-13-7-5-4-6-12(13)15/h4-7,10-11,14,17H,8H2,1-3H3. The van der Waals surface area contributed by atoms with Crippen LogP contribution >= 0.6 is 15.9 Å². The molecule has 1 rings (SSSR count). The number of nitrogens with one attached hydrogen (secondary N) is 1. The highest BCUT2D eigenvalue weighted by atomic mass is 79.9. The highest BCUT2D eigenvalue weighted by Crippen LogP contribution is 2.24. The van der Waals surface area contributed by atoms with Crippen LogP contribution in [0.25, 0.3) is 0 Å². The van der Waals surface area contributed by atoms with E-state index in [1.807, 2.05) is 24.3 Å². The van der Waals surface area contributed by atoms with E-state index in [1.54, 1.807) is 0 Å². The number of rotatable bonds is 5. The molecule has 3 heteroatoms. The lowest BCUT2D eigenvalue weighted by Crippen LogP contribution is -2.26. The second kappa shape index (κ2) is 6.66. The van der Waals surface area contributed by atoms with Gasteiger partial charge in [0.25, 0.3) is 0 Å². The Hall–Kier alpha value is -1.01. The monoisotopic (exact) mass is 294 g/mol. The first-order valence-electron chi connectivity index (χ1n) is 5.95. The van der Waals surface area contributed by atoms with Gasteiger partial charge in [0.15, 0.2) is 0 Å². The van der Waals surface area contributed by atoms with Crippen LogP contribution in [0, 0.1) is 23.2 Å². The summed E-state index contributed by atoms with van der Waals surface area (Å²) >= 11 is 3.48. The van der Waals surface area contributed by atoms with Gasteiger partial charge in [0.1, 0.15) is 6.04 Å². The predicted molar refractivity (Wildman–Crippen MR) is 75.8 cm³/mol. The van der Waals surface area contributed by atoms with Gasteiger partial charge in [-0.15, -0.1) is 0 Å². The number of halogens is 1. The Kier molecular flexibility index (Phi) is 5.50. The Balaban J connectivity index is 2.71. The molecule has 0 saturated carbocycles. The Bertz CT molecular complexity index is 395. The van der Waals surface area contributed by atoms with Crippen molar-refractivity contribution in [3.8, 4) is 6.07 Å². The molecule has 0 aliphatic rings. The zero-order chi connectivity index (χ0) is 12.8. The summed E-state index contributed by atoms with van der Waals surface area (Å²) in [6.07, 6.45) is 1.05. The van der Waals surface area contributed by atoms with Gasteiger partial charge in [-0.1, -0.05) is 32.9 Å². The Labute approximate surface area is 112 Å². The third-order valence-corrected chi connectivity index (χ3v) is 3.43. The van der Waals surface area contributed by atoms with E-state index in [1.165, 1.54) is 0 Å². The number of hydrogen-bond donors (Lipinski definition) is 1. The zero-order valence-electron chi connectivity index (χ0n) is 10.6. The highest BCUT2D eigenvalue weighted by molar-refractivity contribution is 9.10. The van der Waals surface area contributed by atoms with E-state index < -0.39 is 0 Å². The molecule has 2 unspecified atom stereocenters. The molecule has 0 bridgehead atoms. The first-order valence-corrected chi connectivity index (χ1v) is 6.74. The van der Waals surface area contributed by atoms with E-state index in [-0.39, 0.29) is 6.04 Å². The fraction of sp³-hybridized carbons (Fsp3) is 0.500. The van der Waals surface area contributed by atoms with Gasteiger partial charge in [0.2, 0.25) is 0 Å². The van der Waals surface area contributed by atoms with Crippen molar-refractivity contribution < 1.29 is 0 Å². The van der Waals surface area contributed by atoms with Crippen molar-refractivity contribution in [2.24, 2.45) is 11.8 Å². The van der Waals surface area contributed by atoms with E-state index in [9.17, 15) is 5.26 Å². The molecule has 0 spiro atoms. The van der Waals surface area contributed by atoms with Crippen molar-refractivity contribution in [1.82, 2.24) is 0 Å². The van der Waals surface area contributed by atoms with Crippen molar-refractivity contribution in [3.05, 3.63) is 28.7 Å². The van der Waals surface area contributed by atoms with Crippen LogP contribution in [0.2, 0.25) is 0 Å². The number of nitrogens with zero attached hydrogens (tertiary/aromatic N) is 1. The summed E-state index contributed by atoms with van der Waals surface area (Å²) in [5.74, 6) is 0.953. The molecule has 2 atom stereocenters. The van der Waals surface area contributed by atoms with Crippen LogP contribution in [0.3, 0.4) is 0 Å². The molecule has 0 fully saturated rings. The van der Waals surface area contributed by atoms with Gasteiger partial charge < -0.3 is 5.32 Å². The normalized spacial score (nSPS) is 14.1. The van der Waals surface area contributed by atoms with Crippen molar-refractivity contribution in [2.45, 2.75) is 33.2 Å². The fourth-order valence-electron chi connectivity index (χ4n) is 1.93. The lowest BCUT2D eigenvalue weighted by Gasteiger charge is -2.22. The van der Waals surface area contributed by atoms with Crippen molar-refractivity contribution in [1.29, 1.82) is 5.26 Å². The van der Waals surface area contributed by atoms with Gasteiger partial charge in [0, 0.05) is 10.2 Å². The molecule has 0 aromatic heterocycles. The summed E-state index contributed by atoms with van der Waals surface area (Å²) < 4.78 is 0.997. The summed E-state index contributed by atoms with van der Waals surface area (Å²) in [5, 5.41) is 12.5. The lowest BCUT2D eigenvalue weighted by atomic mass is 9.92. The predicted octanol–water partition coefficient (Wildman–Crippen LogP) is 4.44. The van der Waals surface area contributed by atoms with Crippen LogP contribution in [0.4, 0.5) is 5.69 Å². The average Bonchev–Trinajstić information content (AvgIpc) is 2.27.